The number of piperidine rings is 1. The number of amides is 1. The average molecular weight is 271 g/mol. The van der Waals surface area contributed by atoms with E-state index in [9.17, 15) is 4.79 Å². The molecule has 0 saturated carbocycles. The van der Waals surface area contributed by atoms with Crippen LogP contribution in [0.15, 0.2) is 0 Å². The SMILES string of the molecule is CC(C)C(C(=O)NC1CCN(C)CC1C)C(N)=S. The minimum atomic E-state index is -0.355. The molecule has 0 radical (unpaired) electrons. The maximum Gasteiger partial charge on any atom is 0.230 e. The largest absolute Gasteiger partial charge is 0.393 e. The summed E-state index contributed by atoms with van der Waals surface area (Å²) in [5, 5.41) is 3.12. The zero-order valence-corrected chi connectivity index (χ0v) is 12.6. The molecule has 3 N–H and O–H groups in total. The van der Waals surface area contributed by atoms with E-state index in [-0.39, 0.29) is 23.8 Å². The number of carbonyl (C=O) groups is 1. The van der Waals surface area contributed by atoms with Gasteiger partial charge in [0.15, 0.2) is 0 Å². The van der Waals surface area contributed by atoms with Gasteiger partial charge in [-0.15, -0.1) is 0 Å². The molecule has 1 fully saturated rings. The maximum atomic E-state index is 12.2. The Morgan fingerprint density at radius 2 is 2.11 bits per heavy atom. The summed E-state index contributed by atoms with van der Waals surface area (Å²) in [5.41, 5.74) is 5.66. The van der Waals surface area contributed by atoms with Gasteiger partial charge in [-0.05, 0) is 31.8 Å². The van der Waals surface area contributed by atoms with Gasteiger partial charge in [-0.1, -0.05) is 33.0 Å². The van der Waals surface area contributed by atoms with Crippen molar-refractivity contribution < 1.29 is 4.79 Å². The summed E-state index contributed by atoms with van der Waals surface area (Å²) in [5.74, 6) is 0.238. The van der Waals surface area contributed by atoms with Crippen molar-refractivity contribution in [3.8, 4) is 0 Å². The second-order valence-electron chi connectivity index (χ2n) is 5.77. The summed E-state index contributed by atoms with van der Waals surface area (Å²) in [6.45, 7) is 8.16. The van der Waals surface area contributed by atoms with E-state index in [1.165, 1.54) is 0 Å². The Morgan fingerprint density at radius 3 is 2.56 bits per heavy atom. The standard InChI is InChI=1S/C13H25N3OS/c1-8(2)11(12(14)18)13(17)15-10-5-6-16(4)7-9(10)3/h8-11H,5-7H2,1-4H3,(H2,14,18)(H,15,17). The van der Waals surface area contributed by atoms with Gasteiger partial charge in [-0.2, -0.15) is 0 Å². The number of hydrogen-bond acceptors (Lipinski definition) is 3. The first kappa shape index (κ1) is 15.4. The highest BCUT2D eigenvalue weighted by Crippen LogP contribution is 2.18. The third kappa shape index (κ3) is 3.92. The predicted octanol–water partition coefficient (Wildman–Crippen LogP) is 1.00. The molecule has 5 heteroatoms. The van der Waals surface area contributed by atoms with E-state index in [0.29, 0.717) is 10.9 Å². The molecule has 0 aromatic rings. The van der Waals surface area contributed by atoms with Crippen LogP contribution in [-0.2, 0) is 4.79 Å². The van der Waals surface area contributed by atoms with Gasteiger partial charge in [-0.25, -0.2) is 0 Å². The molecule has 3 atom stereocenters. The molecule has 1 heterocycles. The number of thiocarbonyl (C=S) groups is 1. The molecule has 4 nitrogen and oxygen atoms in total. The second kappa shape index (κ2) is 6.48. The first-order valence-electron chi connectivity index (χ1n) is 6.61. The maximum absolute atomic E-state index is 12.2. The molecule has 1 saturated heterocycles. The average Bonchev–Trinajstić information content (AvgIpc) is 2.21. The smallest absolute Gasteiger partial charge is 0.230 e. The molecule has 0 aliphatic carbocycles. The molecular weight excluding hydrogens is 246 g/mol. The molecule has 1 aliphatic heterocycles. The molecule has 3 unspecified atom stereocenters. The molecule has 1 aliphatic rings. The van der Waals surface area contributed by atoms with Crippen LogP contribution in [0.4, 0.5) is 0 Å². The Hall–Kier alpha value is -0.680. The number of likely N-dealkylation sites (tertiary alicyclic amines) is 1. The van der Waals surface area contributed by atoms with Crippen LogP contribution < -0.4 is 11.1 Å². The second-order valence-corrected chi connectivity index (χ2v) is 6.24. The number of hydrogen-bond donors (Lipinski definition) is 2. The summed E-state index contributed by atoms with van der Waals surface area (Å²) >= 11 is 4.99. The first-order valence-corrected chi connectivity index (χ1v) is 7.02. The predicted molar refractivity (Wildman–Crippen MR) is 78.3 cm³/mol. The van der Waals surface area contributed by atoms with Crippen molar-refractivity contribution in [2.75, 3.05) is 20.1 Å². The van der Waals surface area contributed by atoms with Gasteiger partial charge in [-0.3, -0.25) is 4.79 Å². The van der Waals surface area contributed by atoms with Crippen molar-refractivity contribution in [2.24, 2.45) is 23.5 Å². The fourth-order valence-corrected chi connectivity index (χ4v) is 2.98. The number of nitrogens with two attached hydrogens (primary N) is 1. The van der Waals surface area contributed by atoms with Crippen LogP contribution >= 0.6 is 12.2 Å². The van der Waals surface area contributed by atoms with E-state index >= 15 is 0 Å². The Morgan fingerprint density at radius 1 is 1.50 bits per heavy atom. The molecule has 0 spiro atoms. The lowest BCUT2D eigenvalue weighted by Gasteiger charge is -2.36. The van der Waals surface area contributed by atoms with Crippen LogP contribution in [0.1, 0.15) is 27.2 Å². The van der Waals surface area contributed by atoms with Crippen LogP contribution in [0, 0.1) is 17.8 Å². The molecular formula is C13H25N3OS. The molecule has 1 rings (SSSR count). The highest BCUT2D eigenvalue weighted by atomic mass is 32.1. The summed E-state index contributed by atoms with van der Waals surface area (Å²) in [7, 11) is 2.11. The third-order valence-electron chi connectivity index (χ3n) is 3.69. The van der Waals surface area contributed by atoms with Crippen molar-refractivity contribution in [3.05, 3.63) is 0 Å². The van der Waals surface area contributed by atoms with Crippen LogP contribution in [0.25, 0.3) is 0 Å². The summed E-state index contributed by atoms with van der Waals surface area (Å²) < 4.78 is 0. The zero-order chi connectivity index (χ0) is 13.9. The van der Waals surface area contributed by atoms with Gasteiger partial charge >= 0.3 is 0 Å². The fourth-order valence-electron chi connectivity index (χ4n) is 2.60. The lowest BCUT2D eigenvalue weighted by Crippen LogP contribution is -2.52. The molecule has 104 valence electrons. The van der Waals surface area contributed by atoms with Crippen LogP contribution in [-0.4, -0.2) is 42.0 Å². The molecule has 18 heavy (non-hydrogen) atoms. The van der Waals surface area contributed by atoms with Crippen LogP contribution in [0.3, 0.4) is 0 Å². The van der Waals surface area contributed by atoms with E-state index in [4.69, 9.17) is 18.0 Å². The fraction of sp³-hybridized carbons (Fsp3) is 0.846. The van der Waals surface area contributed by atoms with Crippen molar-refractivity contribution >= 4 is 23.1 Å². The van der Waals surface area contributed by atoms with Gasteiger partial charge in [0.05, 0.1) is 10.9 Å². The monoisotopic (exact) mass is 271 g/mol. The van der Waals surface area contributed by atoms with Crippen molar-refractivity contribution in [3.63, 3.8) is 0 Å². The van der Waals surface area contributed by atoms with Gasteiger partial charge in [0.2, 0.25) is 5.91 Å². The van der Waals surface area contributed by atoms with E-state index in [1.807, 2.05) is 13.8 Å². The van der Waals surface area contributed by atoms with Gasteiger partial charge in [0.1, 0.15) is 0 Å². The van der Waals surface area contributed by atoms with Crippen LogP contribution in [0.2, 0.25) is 0 Å². The van der Waals surface area contributed by atoms with Crippen molar-refractivity contribution in [1.82, 2.24) is 10.2 Å². The summed E-state index contributed by atoms with van der Waals surface area (Å²) in [4.78, 5) is 14.8. The van der Waals surface area contributed by atoms with E-state index in [2.05, 4.69) is 24.2 Å². The highest BCUT2D eigenvalue weighted by molar-refractivity contribution is 7.80. The number of carbonyl (C=O) groups excluding carboxylic acids is 1. The normalized spacial score (nSPS) is 26.9. The van der Waals surface area contributed by atoms with Crippen LogP contribution in [0.5, 0.6) is 0 Å². The molecule has 0 aromatic heterocycles. The Kier molecular flexibility index (Phi) is 5.53. The van der Waals surface area contributed by atoms with E-state index in [0.717, 1.165) is 19.5 Å². The summed E-state index contributed by atoms with van der Waals surface area (Å²) in [6, 6.07) is 0.240. The molecule has 0 bridgehead atoms. The molecule has 0 aromatic carbocycles. The van der Waals surface area contributed by atoms with E-state index < -0.39 is 0 Å². The lowest BCUT2D eigenvalue weighted by atomic mass is 9.91. The number of nitrogens with zero attached hydrogens (tertiary/aromatic N) is 1. The third-order valence-corrected chi connectivity index (χ3v) is 3.95. The van der Waals surface area contributed by atoms with Gasteiger partial charge < -0.3 is 16.0 Å². The zero-order valence-electron chi connectivity index (χ0n) is 11.8. The number of nitrogens with one attached hydrogen (secondary N) is 1. The lowest BCUT2D eigenvalue weighted by molar-refractivity contribution is -0.125. The minimum absolute atomic E-state index is 0.0149. The van der Waals surface area contributed by atoms with Gasteiger partial charge in [0.25, 0.3) is 0 Å². The Balaban J connectivity index is 2.60. The molecule has 1 amide bonds. The van der Waals surface area contributed by atoms with Gasteiger partial charge in [0, 0.05) is 12.6 Å². The first-order chi connectivity index (χ1) is 8.32. The van der Waals surface area contributed by atoms with Crippen molar-refractivity contribution in [2.45, 2.75) is 33.2 Å². The van der Waals surface area contributed by atoms with Crippen molar-refractivity contribution in [1.29, 1.82) is 0 Å². The minimum Gasteiger partial charge on any atom is -0.393 e. The number of rotatable bonds is 4. The van der Waals surface area contributed by atoms with E-state index in [1.54, 1.807) is 0 Å². The Labute approximate surface area is 115 Å². The summed E-state index contributed by atoms with van der Waals surface area (Å²) in [6.07, 6.45) is 0.992. The quantitative estimate of drug-likeness (QED) is 0.749. The highest BCUT2D eigenvalue weighted by Gasteiger charge is 2.30. The topological polar surface area (TPSA) is 58.4 Å². The Bertz CT molecular complexity index is 319.